The molecule has 0 N–H and O–H groups in total. The summed E-state index contributed by atoms with van der Waals surface area (Å²) in [6.07, 6.45) is 3.04. The Bertz CT molecular complexity index is 339. The molecule has 0 nitrogen and oxygen atoms in total. The molecule has 1 aromatic carbocycles. The number of allylic oxidation sites excluding steroid dienone is 3. The topological polar surface area (TPSA) is 0 Å². The first kappa shape index (κ1) is 19.0. The van der Waals surface area contributed by atoms with Crippen LogP contribution in [0.1, 0.15) is 52.2 Å². The molecule has 1 aromatic rings. The van der Waals surface area contributed by atoms with Gasteiger partial charge in [0.15, 0.2) is 0 Å². The SMILES string of the molecule is C=C/C(C)=C(/C)CC.CC.Cc1cccc(C)c1. The molecule has 0 radical (unpaired) electrons. The summed E-state index contributed by atoms with van der Waals surface area (Å²) < 4.78 is 0. The van der Waals surface area contributed by atoms with E-state index in [4.69, 9.17) is 0 Å². The molecule has 0 fully saturated rings. The molecule has 0 aliphatic carbocycles. The minimum absolute atomic E-state index is 1.14. The summed E-state index contributed by atoms with van der Waals surface area (Å²) in [4.78, 5) is 0. The molecular formula is C18H30. The van der Waals surface area contributed by atoms with E-state index in [2.05, 4.69) is 65.5 Å². The Morgan fingerprint density at radius 1 is 1.11 bits per heavy atom. The van der Waals surface area contributed by atoms with Gasteiger partial charge in [-0.2, -0.15) is 0 Å². The quantitative estimate of drug-likeness (QED) is 0.541. The molecule has 0 bridgehead atoms. The van der Waals surface area contributed by atoms with Gasteiger partial charge in [-0.05, 0) is 34.1 Å². The smallest absolute Gasteiger partial charge is 0.0346 e. The molecular weight excluding hydrogens is 216 g/mol. The summed E-state index contributed by atoms with van der Waals surface area (Å²) in [5, 5.41) is 0. The summed E-state index contributed by atoms with van der Waals surface area (Å²) >= 11 is 0. The van der Waals surface area contributed by atoms with Gasteiger partial charge in [-0.1, -0.05) is 80.0 Å². The molecule has 102 valence electrons. The highest BCUT2D eigenvalue weighted by Gasteiger charge is 1.85. The molecule has 0 aliphatic rings. The molecule has 0 saturated heterocycles. The van der Waals surface area contributed by atoms with E-state index in [1.165, 1.54) is 22.3 Å². The van der Waals surface area contributed by atoms with Crippen LogP contribution in [0.5, 0.6) is 0 Å². The Kier molecular flexibility index (Phi) is 12.9. The third-order valence-corrected chi connectivity index (χ3v) is 2.68. The fraction of sp³-hybridized carbons (Fsp3) is 0.444. The van der Waals surface area contributed by atoms with Crippen LogP contribution in [0.2, 0.25) is 0 Å². The number of aryl methyl sites for hydroxylation is 2. The van der Waals surface area contributed by atoms with Crippen molar-refractivity contribution in [3.8, 4) is 0 Å². The molecule has 18 heavy (non-hydrogen) atoms. The molecule has 0 heterocycles. The lowest BCUT2D eigenvalue weighted by molar-refractivity contribution is 1.07. The minimum Gasteiger partial charge on any atom is -0.0988 e. The Morgan fingerprint density at radius 2 is 1.56 bits per heavy atom. The highest BCUT2D eigenvalue weighted by molar-refractivity contribution is 5.20. The van der Waals surface area contributed by atoms with Gasteiger partial charge in [-0.15, -0.1) is 0 Å². The van der Waals surface area contributed by atoms with Crippen LogP contribution in [0, 0.1) is 13.8 Å². The zero-order valence-electron chi connectivity index (χ0n) is 13.3. The number of benzene rings is 1. The first-order valence-electron chi connectivity index (χ1n) is 6.83. The highest BCUT2D eigenvalue weighted by Crippen LogP contribution is 2.06. The van der Waals surface area contributed by atoms with E-state index in [0.717, 1.165) is 6.42 Å². The first-order valence-corrected chi connectivity index (χ1v) is 6.83. The minimum atomic E-state index is 1.14. The van der Waals surface area contributed by atoms with Gasteiger partial charge < -0.3 is 0 Å². The molecule has 0 aliphatic heterocycles. The van der Waals surface area contributed by atoms with Crippen LogP contribution in [-0.2, 0) is 0 Å². The number of rotatable bonds is 2. The molecule has 0 spiro atoms. The van der Waals surface area contributed by atoms with E-state index in [0.29, 0.717) is 0 Å². The van der Waals surface area contributed by atoms with E-state index in [-0.39, 0.29) is 0 Å². The van der Waals surface area contributed by atoms with Crippen LogP contribution in [0.25, 0.3) is 0 Å². The molecule has 0 atom stereocenters. The fourth-order valence-corrected chi connectivity index (χ4v) is 1.26. The summed E-state index contributed by atoms with van der Waals surface area (Å²) in [6.45, 7) is 18.3. The second-order valence-corrected chi connectivity index (χ2v) is 4.18. The summed E-state index contributed by atoms with van der Waals surface area (Å²) in [5.41, 5.74) is 5.42. The lowest BCUT2D eigenvalue weighted by Gasteiger charge is -1.96. The summed E-state index contributed by atoms with van der Waals surface area (Å²) in [7, 11) is 0. The molecule has 1 rings (SSSR count). The largest absolute Gasteiger partial charge is 0.0988 e. The predicted molar refractivity (Wildman–Crippen MR) is 86.1 cm³/mol. The van der Waals surface area contributed by atoms with Crippen molar-refractivity contribution in [2.45, 2.75) is 54.9 Å². The Morgan fingerprint density at radius 3 is 1.72 bits per heavy atom. The molecule has 0 amide bonds. The van der Waals surface area contributed by atoms with Crippen molar-refractivity contribution in [3.63, 3.8) is 0 Å². The predicted octanol–water partition coefficient (Wildman–Crippen LogP) is 6.25. The standard InChI is InChI=1S/C8H10.C8H14.C2H6/c1-7-4-3-5-8(2)6-7;1-5-7(3)8(4)6-2;1-2/h3-6H,1-2H3;5H,1,6H2,2-4H3;1-2H3/b;8-7-;. The van der Waals surface area contributed by atoms with E-state index in [1.807, 2.05) is 19.9 Å². The number of hydrogen-bond acceptors (Lipinski definition) is 0. The van der Waals surface area contributed by atoms with Gasteiger partial charge in [-0.25, -0.2) is 0 Å². The zero-order chi connectivity index (χ0) is 14.6. The third kappa shape index (κ3) is 9.89. The van der Waals surface area contributed by atoms with Crippen molar-refractivity contribution in [1.29, 1.82) is 0 Å². The van der Waals surface area contributed by atoms with Crippen LogP contribution >= 0.6 is 0 Å². The average molecular weight is 246 g/mol. The van der Waals surface area contributed by atoms with E-state index in [1.54, 1.807) is 0 Å². The summed E-state index contributed by atoms with van der Waals surface area (Å²) in [5.74, 6) is 0. The van der Waals surface area contributed by atoms with Gasteiger partial charge in [0.25, 0.3) is 0 Å². The van der Waals surface area contributed by atoms with Crippen molar-refractivity contribution in [3.05, 3.63) is 59.2 Å². The van der Waals surface area contributed by atoms with Crippen LogP contribution in [-0.4, -0.2) is 0 Å². The van der Waals surface area contributed by atoms with Crippen molar-refractivity contribution < 1.29 is 0 Å². The van der Waals surface area contributed by atoms with Gasteiger partial charge in [0, 0.05) is 0 Å². The van der Waals surface area contributed by atoms with Gasteiger partial charge in [0.2, 0.25) is 0 Å². The third-order valence-electron chi connectivity index (χ3n) is 2.68. The maximum absolute atomic E-state index is 3.67. The molecule has 0 heteroatoms. The van der Waals surface area contributed by atoms with Gasteiger partial charge >= 0.3 is 0 Å². The second-order valence-electron chi connectivity index (χ2n) is 4.18. The van der Waals surface area contributed by atoms with Crippen molar-refractivity contribution in [2.75, 3.05) is 0 Å². The maximum atomic E-state index is 3.67. The lowest BCUT2D eigenvalue weighted by Crippen LogP contribution is -1.75. The Hall–Kier alpha value is -1.30. The van der Waals surface area contributed by atoms with Crippen LogP contribution in [0.15, 0.2) is 48.1 Å². The Balaban J connectivity index is 0. The number of hydrogen-bond donors (Lipinski definition) is 0. The van der Waals surface area contributed by atoms with Gasteiger partial charge in [0.05, 0.1) is 0 Å². The van der Waals surface area contributed by atoms with Crippen molar-refractivity contribution >= 4 is 0 Å². The molecule has 0 aromatic heterocycles. The highest BCUT2D eigenvalue weighted by atomic mass is 13.9. The molecule has 0 unspecified atom stereocenters. The van der Waals surface area contributed by atoms with E-state index in [9.17, 15) is 0 Å². The Labute approximate surface area is 114 Å². The lowest BCUT2D eigenvalue weighted by atomic mass is 10.1. The molecule has 0 saturated carbocycles. The summed E-state index contributed by atoms with van der Waals surface area (Å²) in [6, 6.07) is 8.45. The average Bonchev–Trinajstić information content (AvgIpc) is 2.39. The first-order chi connectivity index (χ1) is 8.51. The van der Waals surface area contributed by atoms with Crippen LogP contribution in [0.4, 0.5) is 0 Å². The normalized spacial score (nSPS) is 10.2. The van der Waals surface area contributed by atoms with E-state index < -0.39 is 0 Å². The van der Waals surface area contributed by atoms with E-state index >= 15 is 0 Å². The zero-order valence-corrected chi connectivity index (χ0v) is 13.3. The van der Waals surface area contributed by atoms with Crippen molar-refractivity contribution in [1.82, 2.24) is 0 Å². The van der Waals surface area contributed by atoms with Crippen molar-refractivity contribution in [2.24, 2.45) is 0 Å². The maximum Gasteiger partial charge on any atom is -0.0346 e. The van der Waals surface area contributed by atoms with Crippen LogP contribution < -0.4 is 0 Å². The van der Waals surface area contributed by atoms with Crippen LogP contribution in [0.3, 0.4) is 0 Å². The second kappa shape index (κ2) is 12.2. The monoisotopic (exact) mass is 246 g/mol. The van der Waals surface area contributed by atoms with Gasteiger partial charge in [0.1, 0.15) is 0 Å². The fourth-order valence-electron chi connectivity index (χ4n) is 1.26. The van der Waals surface area contributed by atoms with Gasteiger partial charge in [-0.3, -0.25) is 0 Å².